The molecule has 0 unspecified atom stereocenters. The molecule has 8 nitrogen and oxygen atoms in total. The summed E-state index contributed by atoms with van der Waals surface area (Å²) in [5.74, 6) is -0.648. The van der Waals surface area contributed by atoms with Gasteiger partial charge in [0, 0.05) is 26.1 Å². The van der Waals surface area contributed by atoms with E-state index in [0.717, 1.165) is 25.9 Å². The van der Waals surface area contributed by atoms with Crippen molar-refractivity contribution in [2.75, 3.05) is 26.7 Å². The fourth-order valence-corrected chi connectivity index (χ4v) is 2.83. The Morgan fingerprint density at radius 2 is 1.95 bits per heavy atom. The lowest BCUT2D eigenvalue weighted by Crippen LogP contribution is -2.32. The van der Waals surface area contributed by atoms with Crippen LogP contribution in [0.3, 0.4) is 0 Å². The van der Waals surface area contributed by atoms with Crippen molar-refractivity contribution in [2.45, 2.75) is 24.4 Å². The first-order chi connectivity index (χ1) is 10.4. The van der Waals surface area contributed by atoms with Crippen molar-refractivity contribution >= 4 is 21.8 Å². The molecule has 1 fully saturated rings. The minimum atomic E-state index is -3.71. The summed E-state index contributed by atoms with van der Waals surface area (Å²) in [6.07, 6.45) is 2.26. The highest BCUT2D eigenvalue weighted by molar-refractivity contribution is 7.89. The molecule has 1 aromatic rings. The van der Waals surface area contributed by atoms with Gasteiger partial charge in [-0.1, -0.05) is 0 Å². The Morgan fingerprint density at radius 1 is 1.27 bits per heavy atom. The number of hydrogen-bond donors (Lipinski definition) is 2. The Morgan fingerprint density at radius 3 is 2.59 bits per heavy atom. The lowest BCUT2D eigenvalue weighted by molar-refractivity contribution is -0.129. The molecule has 0 saturated carbocycles. The predicted octanol–water partition coefficient (Wildman–Crippen LogP) is -0.0700. The van der Waals surface area contributed by atoms with E-state index in [0.29, 0.717) is 0 Å². The van der Waals surface area contributed by atoms with E-state index in [1.165, 1.54) is 19.2 Å². The van der Waals surface area contributed by atoms with Gasteiger partial charge in [-0.05, 0) is 32.0 Å². The number of amides is 2. The Hall–Kier alpha value is -1.87. The van der Waals surface area contributed by atoms with Gasteiger partial charge in [0.15, 0.2) is 5.76 Å². The van der Waals surface area contributed by atoms with Gasteiger partial charge in [-0.2, -0.15) is 0 Å². The zero-order chi connectivity index (χ0) is 16.2. The van der Waals surface area contributed by atoms with Crippen LogP contribution in [0.2, 0.25) is 0 Å². The van der Waals surface area contributed by atoms with Crippen molar-refractivity contribution in [1.82, 2.24) is 14.9 Å². The van der Waals surface area contributed by atoms with Crippen LogP contribution in [0.25, 0.3) is 0 Å². The SMILES string of the molecule is CNS(=O)(=O)c1ccc(C(=O)NCCC(=O)N2CCCC2)o1. The topological polar surface area (TPSA) is 109 Å². The maximum atomic E-state index is 11.8. The first-order valence-electron chi connectivity index (χ1n) is 7.03. The summed E-state index contributed by atoms with van der Waals surface area (Å²) in [6.45, 7) is 1.73. The highest BCUT2D eigenvalue weighted by Gasteiger charge is 2.20. The highest BCUT2D eigenvalue weighted by Crippen LogP contribution is 2.13. The molecule has 122 valence electrons. The second-order valence-electron chi connectivity index (χ2n) is 4.92. The predicted molar refractivity (Wildman–Crippen MR) is 77.7 cm³/mol. The monoisotopic (exact) mass is 329 g/mol. The average Bonchev–Trinajstić information content (AvgIpc) is 3.18. The molecule has 2 N–H and O–H groups in total. The molecule has 1 aliphatic rings. The molecule has 1 saturated heterocycles. The van der Waals surface area contributed by atoms with Gasteiger partial charge in [0.2, 0.25) is 11.0 Å². The zero-order valence-electron chi connectivity index (χ0n) is 12.3. The fourth-order valence-electron chi connectivity index (χ4n) is 2.18. The van der Waals surface area contributed by atoms with Crippen LogP contribution in [-0.4, -0.2) is 51.8 Å². The second-order valence-corrected chi connectivity index (χ2v) is 6.74. The van der Waals surface area contributed by atoms with Crippen molar-refractivity contribution in [3.05, 3.63) is 17.9 Å². The third kappa shape index (κ3) is 3.86. The number of nitrogens with one attached hydrogen (secondary N) is 2. The number of carbonyl (C=O) groups is 2. The summed E-state index contributed by atoms with van der Waals surface area (Å²) in [7, 11) is -2.46. The van der Waals surface area contributed by atoms with Crippen LogP contribution in [0.4, 0.5) is 0 Å². The number of hydrogen-bond acceptors (Lipinski definition) is 5. The quantitative estimate of drug-likeness (QED) is 0.759. The smallest absolute Gasteiger partial charge is 0.287 e. The molecular formula is C13H19N3O5S. The van der Waals surface area contributed by atoms with Crippen molar-refractivity contribution in [3.8, 4) is 0 Å². The Bertz CT molecular complexity index is 646. The minimum absolute atomic E-state index is 0.00990. The van der Waals surface area contributed by atoms with E-state index < -0.39 is 15.9 Å². The summed E-state index contributed by atoms with van der Waals surface area (Å²) < 4.78 is 30.1. The first-order valence-corrected chi connectivity index (χ1v) is 8.52. The third-order valence-corrected chi connectivity index (χ3v) is 4.71. The molecule has 22 heavy (non-hydrogen) atoms. The Labute approximate surface area is 128 Å². The van der Waals surface area contributed by atoms with Crippen molar-refractivity contribution in [1.29, 1.82) is 0 Å². The highest BCUT2D eigenvalue weighted by atomic mass is 32.2. The summed E-state index contributed by atoms with van der Waals surface area (Å²) in [5, 5.41) is 2.22. The molecule has 2 amide bonds. The van der Waals surface area contributed by atoms with Crippen LogP contribution in [0.15, 0.2) is 21.6 Å². The normalized spacial score (nSPS) is 15.0. The summed E-state index contributed by atoms with van der Waals surface area (Å²) in [6, 6.07) is 2.48. The number of rotatable bonds is 6. The summed E-state index contributed by atoms with van der Waals surface area (Å²) in [4.78, 5) is 25.4. The number of nitrogens with zero attached hydrogens (tertiary/aromatic N) is 1. The van der Waals surface area contributed by atoms with E-state index in [1.54, 1.807) is 4.90 Å². The third-order valence-electron chi connectivity index (χ3n) is 3.42. The molecule has 2 heterocycles. The van der Waals surface area contributed by atoms with Gasteiger partial charge >= 0.3 is 0 Å². The van der Waals surface area contributed by atoms with E-state index in [-0.39, 0.29) is 29.7 Å². The van der Waals surface area contributed by atoms with Crippen molar-refractivity contribution in [3.63, 3.8) is 0 Å². The van der Waals surface area contributed by atoms with E-state index in [2.05, 4.69) is 10.0 Å². The lowest BCUT2D eigenvalue weighted by Gasteiger charge is -2.14. The molecule has 0 radical (unpaired) electrons. The van der Waals surface area contributed by atoms with Gasteiger partial charge in [-0.3, -0.25) is 9.59 Å². The second kappa shape index (κ2) is 6.93. The maximum Gasteiger partial charge on any atom is 0.287 e. The molecule has 9 heteroatoms. The van der Waals surface area contributed by atoms with Crippen LogP contribution < -0.4 is 10.0 Å². The molecule has 0 aromatic carbocycles. The van der Waals surface area contributed by atoms with Gasteiger partial charge in [-0.25, -0.2) is 13.1 Å². The van der Waals surface area contributed by atoms with Crippen LogP contribution >= 0.6 is 0 Å². The molecule has 0 aliphatic carbocycles. The van der Waals surface area contributed by atoms with Gasteiger partial charge in [-0.15, -0.1) is 0 Å². The molecular weight excluding hydrogens is 310 g/mol. The van der Waals surface area contributed by atoms with Gasteiger partial charge < -0.3 is 14.6 Å². The molecule has 0 spiro atoms. The minimum Gasteiger partial charge on any atom is -0.438 e. The number of sulfonamides is 1. The summed E-state index contributed by atoms with van der Waals surface area (Å²) >= 11 is 0. The van der Waals surface area contributed by atoms with E-state index in [9.17, 15) is 18.0 Å². The van der Waals surface area contributed by atoms with Crippen LogP contribution in [0.1, 0.15) is 29.8 Å². The molecule has 0 atom stereocenters. The standard InChI is InChI=1S/C13H19N3O5S/c1-14-22(19,20)12-5-4-10(21-12)13(18)15-7-6-11(17)16-8-2-3-9-16/h4-5,14H,2-3,6-9H2,1H3,(H,15,18). The maximum absolute atomic E-state index is 11.8. The van der Waals surface area contributed by atoms with Gasteiger partial charge in [0.25, 0.3) is 15.9 Å². The van der Waals surface area contributed by atoms with Gasteiger partial charge in [0.05, 0.1) is 0 Å². The number of carbonyl (C=O) groups excluding carboxylic acids is 2. The largest absolute Gasteiger partial charge is 0.438 e. The lowest BCUT2D eigenvalue weighted by atomic mass is 10.3. The van der Waals surface area contributed by atoms with E-state index in [4.69, 9.17) is 4.42 Å². The van der Waals surface area contributed by atoms with Crippen LogP contribution in [0, 0.1) is 0 Å². The van der Waals surface area contributed by atoms with Crippen molar-refractivity contribution < 1.29 is 22.4 Å². The van der Waals surface area contributed by atoms with E-state index >= 15 is 0 Å². The van der Waals surface area contributed by atoms with Crippen LogP contribution in [-0.2, 0) is 14.8 Å². The Balaban J connectivity index is 1.84. The van der Waals surface area contributed by atoms with E-state index in [1.807, 2.05) is 0 Å². The van der Waals surface area contributed by atoms with Crippen molar-refractivity contribution in [2.24, 2.45) is 0 Å². The number of furan rings is 1. The molecule has 0 bridgehead atoms. The fraction of sp³-hybridized carbons (Fsp3) is 0.538. The molecule has 2 rings (SSSR count). The molecule has 1 aromatic heterocycles. The molecule has 1 aliphatic heterocycles. The Kier molecular flexibility index (Phi) is 5.19. The summed E-state index contributed by atoms with van der Waals surface area (Å²) in [5.41, 5.74) is 0. The average molecular weight is 329 g/mol. The zero-order valence-corrected chi connectivity index (χ0v) is 13.1. The first kappa shape index (κ1) is 16.5. The van der Waals surface area contributed by atoms with Crippen LogP contribution in [0.5, 0.6) is 0 Å². The number of likely N-dealkylation sites (tertiary alicyclic amines) is 1. The van der Waals surface area contributed by atoms with Gasteiger partial charge in [0.1, 0.15) is 0 Å².